The number of carbonyl (C=O) groups excluding carboxylic acids is 3. The number of hydrogen-bond donors (Lipinski definition) is 1. The Balaban J connectivity index is 1.46. The lowest BCUT2D eigenvalue weighted by atomic mass is 10.1. The van der Waals surface area contributed by atoms with Crippen molar-refractivity contribution in [3.8, 4) is 11.5 Å². The van der Waals surface area contributed by atoms with Gasteiger partial charge >= 0.3 is 5.97 Å². The van der Waals surface area contributed by atoms with E-state index >= 15 is 0 Å². The molecular weight excluding hydrogens is 456 g/mol. The molecule has 3 aromatic rings. The van der Waals surface area contributed by atoms with Gasteiger partial charge in [-0.15, -0.1) is 0 Å². The number of benzene rings is 3. The van der Waals surface area contributed by atoms with Crippen LogP contribution in [0, 0.1) is 0 Å². The molecule has 1 N–H and O–H groups in total. The molecule has 0 atom stereocenters. The number of imide groups is 1. The van der Waals surface area contributed by atoms with Crippen LogP contribution in [0.5, 0.6) is 11.5 Å². The SMILES string of the molecule is CCc1ccc(N2C(=O)C(Cl)=C(Nc3ccc(C(=O)Oc4cccc(OC)c4)cc3)C2=O)cc1. The quantitative estimate of drug-likeness (QED) is 0.296. The molecule has 0 bridgehead atoms. The molecule has 172 valence electrons. The molecular formula is C26H21ClN2O5. The van der Waals surface area contributed by atoms with Crippen LogP contribution in [0.4, 0.5) is 11.4 Å². The van der Waals surface area contributed by atoms with E-state index in [1.807, 2.05) is 19.1 Å². The van der Waals surface area contributed by atoms with Gasteiger partial charge in [-0.2, -0.15) is 0 Å². The number of rotatable bonds is 7. The van der Waals surface area contributed by atoms with Crippen molar-refractivity contribution >= 4 is 40.8 Å². The van der Waals surface area contributed by atoms with E-state index in [0.717, 1.165) is 16.9 Å². The van der Waals surface area contributed by atoms with E-state index in [1.54, 1.807) is 60.7 Å². The maximum atomic E-state index is 12.9. The minimum Gasteiger partial charge on any atom is -0.497 e. The van der Waals surface area contributed by atoms with Crippen molar-refractivity contribution < 1.29 is 23.9 Å². The van der Waals surface area contributed by atoms with Crippen molar-refractivity contribution in [2.45, 2.75) is 13.3 Å². The summed E-state index contributed by atoms with van der Waals surface area (Å²) in [5, 5.41) is 2.69. The van der Waals surface area contributed by atoms with Crippen LogP contribution in [-0.4, -0.2) is 24.9 Å². The lowest BCUT2D eigenvalue weighted by Crippen LogP contribution is -2.32. The van der Waals surface area contributed by atoms with Gasteiger partial charge < -0.3 is 14.8 Å². The van der Waals surface area contributed by atoms with Crippen LogP contribution in [0.25, 0.3) is 0 Å². The Labute approximate surface area is 201 Å². The van der Waals surface area contributed by atoms with E-state index in [2.05, 4.69) is 5.32 Å². The molecule has 1 aliphatic rings. The predicted molar refractivity (Wildman–Crippen MR) is 129 cm³/mol. The smallest absolute Gasteiger partial charge is 0.343 e. The van der Waals surface area contributed by atoms with Crippen molar-refractivity contribution in [1.29, 1.82) is 0 Å². The number of aryl methyl sites for hydroxylation is 1. The Morgan fingerprint density at radius 2 is 1.62 bits per heavy atom. The number of esters is 1. The standard InChI is InChI=1S/C26H21ClN2O5/c1-3-16-7-13-19(14-8-16)29-24(30)22(27)23(25(29)31)28-18-11-9-17(10-12-18)26(32)34-21-6-4-5-20(15-21)33-2/h4-15,28H,3H2,1-2H3. The number of nitrogens with one attached hydrogen (secondary N) is 1. The summed E-state index contributed by atoms with van der Waals surface area (Å²) in [6.07, 6.45) is 0.844. The Morgan fingerprint density at radius 1 is 0.941 bits per heavy atom. The van der Waals surface area contributed by atoms with Crippen LogP contribution >= 0.6 is 11.6 Å². The number of halogens is 1. The first kappa shape index (κ1) is 23.1. The van der Waals surface area contributed by atoms with Crippen LogP contribution in [0.1, 0.15) is 22.8 Å². The van der Waals surface area contributed by atoms with Gasteiger partial charge in [0, 0.05) is 11.8 Å². The van der Waals surface area contributed by atoms with Gasteiger partial charge in [0.2, 0.25) is 0 Å². The summed E-state index contributed by atoms with van der Waals surface area (Å²) in [7, 11) is 1.53. The fourth-order valence-electron chi connectivity index (χ4n) is 3.39. The maximum absolute atomic E-state index is 12.9. The molecule has 0 saturated heterocycles. The number of amides is 2. The highest BCUT2D eigenvalue weighted by Gasteiger charge is 2.38. The monoisotopic (exact) mass is 476 g/mol. The minimum atomic E-state index is -0.600. The summed E-state index contributed by atoms with van der Waals surface area (Å²) >= 11 is 6.19. The average Bonchev–Trinajstić information content (AvgIpc) is 3.07. The van der Waals surface area contributed by atoms with Gasteiger partial charge in [0.15, 0.2) is 0 Å². The largest absolute Gasteiger partial charge is 0.497 e. The third-order valence-corrected chi connectivity index (χ3v) is 5.62. The Morgan fingerprint density at radius 3 is 2.26 bits per heavy atom. The highest BCUT2D eigenvalue weighted by Crippen LogP contribution is 2.30. The molecule has 0 unspecified atom stereocenters. The van der Waals surface area contributed by atoms with Crippen LogP contribution < -0.4 is 19.7 Å². The van der Waals surface area contributed by atoms with Crippen molar-refractivity contribution in [1.82, 2.24) is 0 Å². The second-order valence-electron chi connectivity index (χ2n) is 7.43. The summed E-state index contributed by atoms with van der Waals surface area (Å²) in [4.78, 5) is 39.0. The second kappa shape index (κ2) is 9.80. The van der Waals surface area contributed by atoms with Gasteiger partial charge in [0.25, 0.3) is 11.8 Å². The lowest BCUT2D eigenvalue weighted by molar-refractivity contribution is -0.120. The molecule has 0 aliphatic carbocycles. The van der Waals surface area contributed by atoms with Gasteiger partial charge in [0.05, 0.1) is 18.4 Å². The Hall–Kier alpha value is -4.10. The number of nitrogens with zero attached hydrogens (tertiary/aromatic N) is 1. The molecule has 0 spiro atoms. The van der Waals surface area contributed by atoms with Crippen LogP contribution in [-0.2, 0) is 16.0 Å². The summed E-state index contributed by atoms with van der Waals surface area (Å²) in [5.41, 5.74) is 2.29. The fourth-order valence-corrected chi connectivity index (χ4v) is 3.60. The van der Waals surface area contributed by atoms with E-state index in [9.17, 15) is 14.4 Å². The van der Waals surface area contributed by atoms with Gasteiger partial charge in [-0.1, -0.05) is 36.7 Å². The second-order valence-corrected chi connectivity index (χ2v) is 7.80. The summed E-state index contributed by atoms with van der Waals surface area (Å²) in [6, 6.07) is 20.1. The minimum absolute atomic E-state index is 0.0297. The summed E-state index contributed by atoms with van der Waals surface area (Å²) < 4.78 is 10.5. The molecule has 1 heterocycles. The molecule has 0 radical (unpaired) electrons. The molecule has 0 saturated carbocycles. The van der Waals surface area contributed by atoms with Gasteiger partial charge in [0.1, 0.15) is 22.2 Å². The normalized spacial score (nSPS) is 13.3. The molecule has 7 nitrogen and oxygen atoms in total. The first-order valence-corrected chi connectivity index (χ1v) is 10.9. The molecule has 4 rings (SSSR count). The Kier molecular flexibility index (Phi) is 6.65. The fraction of sp³-hybridized carbons (Fsp3) is 0.115. The van der Waals surface area contributed by atoms with Gasteiger partial charge in [-0.25, -0.2) is 9.69 Å². The van der Waals surface area contributed by atoms with Gasteiger partial charge in [-0.05, 0) is 60.5 Å². The summed E-state index contributed by atoms with van der Waals surface area (Å²) in [5.74, 6) is -0.782. The van der Waals surface area contributed by atoms with Crippen LogP contribution in [0.3, 0.4) is 0 Å². The molecule has 8 heteroatoms. The number of methoxy groups -OCH3 is 1. The highest BCUT2D eigenvalue weighted by atomic mass is 35.5. The van der Waals surface area contributed by atoms with E-state index in [4.69, 9.17) is 21.1 Å². The third-order valence-electron chi connectivity index (χ3n) is 5.27. The van der Waals surface area contributed by atoms with E-state index in [0.29, 0.717) is 28.4 Å². The van der Waals surface area contributed by atoms with Gasteiger partial charge in [-0.3, -0.25) is 9.59 Å². The third kappa shape index (κ3) is 4.65. The topological polar surface area (TPSA) is 84.9 Å². The maximum Gasteiger partial charge on any atom is 0.343 e. The molecule has 2 amide bonds. The first-order chi connectivity index (χ1) is 16.4. The molecule has 3 aromatic carbocycles. The van der Waals surface area contributed by atoms with Crippen LogP contribution in [0.15, 0.2) is 83.5 Å². The number of carbonyl (C=O) groups is 3. The Bertz CT molecular complexity index is 1280. The van der Waals surface area contributed by atoms with Crippen molar-refractivity contribution in [3.05, 3.63) is 94.7 Å². The van der Waals surface area contributed by atoms with E-state index in [-0.39, 0.29) is 10.7 Å². The molecule has 1 aliphatic heterocycles. The zero-order valence-corrected chi connectivity index (χ0v) is 19.3. The molecule has 0 fully saturated rings. The first-order valence-electron chi connectivity index (χ1n) is 10.5. The lowest BCUT2D eigenvalue weighted by Gasteiger charge is -2.15. The number of anilines is 2. The summed E-state index contributed by atoms with van der Waals surface area (Å²) in [6.45, 7) is 2.02. The molecule has 34 heavy (non-hydrogen) atoms. The van der Waals surface area contributed by atoms with Crippen molar-refractivity contribution in [2.24, 2.45) is 0 Å². The molecule has 0 aromatic heterocycles. The zero-order valence-electron chi connectivity index (χ0n) is 18.5. The van der Waals surface area contributed by atoms with E-state index < -0.39 is 17.8 Å². The highest BCUT2D eigenvalue weighted by molar-refractivity contribution is 6.53. The average molecular weight is 477 g/mol. The van der Waals surface area contributed by atoms with Crippen molar-refractivity contribution in [2.75, 3.05) is 17.3 Å². The van der Waals surface area contributed by atoms with Crippen molar-refractivity contribution in [3.63, 3.8) is 0 Å². The number of hydrogen-bond acceptors (Lipinski definition) is 6. The predicted octanol–water partition coefficient (Wildman–Crippen LogP) is 4.91. The van der Waals surface area contributed by atoms with E-state index in [1.165, 1.54) is 7.11 Å². The zero-order chi connectivity index (χ0) is 24.2. The van der Waals surface area contributed by atoms with Crippen LogP contribution in [0.2, 0.25) is 0 Å². The number of ether oxygens (including phenoxy) is 2.